The van der Waals surface area contributed by atoms with Crippen LogP contribution in [0.25, 0.3) is 0 Å². The molecule has 0 spiro atoms. The van der Waals surface area contributed by atoms with Gasteiger partial charge in [-0.2, -0.15) is 0 Å². The van der Waals surface area contributed by atoms with Gasteiger partial charge in [0.05, 0.1) is 13.2 Å². The molecule has 0 fully saturated rings. The van der Waals surface area contributed by atoms with Gasteiger partial charge in [-0.1, -0.05) is 140 Å². The third-order valence-corrected chi connectivity index (χ3v) is 9.51. The van der Waals surface area contributed by atoms with Crippen molar-refractivity contribution in [3.63, 3.8) is 0 Å². The van der Waals surface area contributed by atoms with E-state index in [4.69, 9.17) is 24.3 Å². The zero-order chi connectivity index (χ0) is 37.5. The lowest BCUT2D eigenvalue weighted by molar-refractivity contribution is -0.161. The highest BCUT2D eigenvalue weighted by atomic mass is 31.2. The Kier molecular flexibility index (Phi) is 36.7. The molecule has 0 aromatic carbocycles. The number of hydrogen-bond acceptors (Lipinski definition) is 8. The zero-order valence-corrected chi connectivity index (χ0v) is 33.5. The average molecular weight is 742 g/mol. The van der Waals surface area contributed by atoms with E-state index >= 15 is 0 Å². The van der Waals surface area contributed by atoms with Crippen LogP contribution in [0.3, 0.4) is 0 Å². The van der Waals surface area contributed by atoms with E-state index in [2.05, 4.69) is 50.3 Å². The Hall–Kier alpha value is -1.77. The molecule has 0 saturated heterocycles. The molecule has 0 aliphatic carbocycles. The van der Waals surface area contributed by atoms with Crippen LogP contribution in [0.1, 0.15) is 181 Å². The van der Waals surface area contributed by atoms with Crippen LogP contribution < -0.4 is 5.73 Å². The molecule has 0 saturated carbocycles. The van der Waals surface area contributed by atoms with Crippen LogP contribution in [0.4, 0.5) is 0 Å². The Bertz CT molecular complexity index is 939. The van der Waals surface area contributed by atoms with Crippen molar-refractivity contribution >= 4 is 19.8 Å². The third kappa shape index (κ3) is 37.8. The largest absolute Gasteiger partial charge is 0.472 e. The highest BCUT2D eigenvalue weighted by Crippen LogP contribution is 2.43. The van der Waals surface area contributed by atoms with Crippen molar-refractivity contribution in [3.8, 4) is 0 Å². The lowest BCUT2D eigenvalue weighted by Crippen LogP contribution is -2.29. The van der Waals surface area contributed by atoms with Gasteiger partial charge in [0.25, 0.3) is 0 Å². The van der Waals surface area contributed by atoms with Crippen LogP contribution in [0.5, 0.6) is 0 Å². The summed E-state index contributed by atoms with van der Waals surface area (Å²) in [7, 11) is -4.38. The van der Waals surface area contributed by atoms with Crippen LogP contribution in [-0.4, -0.2) is 49.3 Å². The number of carbonyl (C=O) groups excluding carboxylic acids is 2. The lowest BCUT2D eigenvalue weighted by atomic mass is 10.1. The molecule has 0 rings (SSSR count). The summed E-state index contributed by atoms with van der Waals surface area (Å²) in [4.78, 5) is 34.8. The van der Waals surface area contributed by atoms with Gasteiger partial charge in [-0.3, -0.25) is 18.6 Å². The molecule has 0 aromatic rings. The Balaban J connectivity index is 4.23. The molecule has 0 aromatic heterocycles. The summed E-state index contributed by atoms with van der Waals surface area (Å²) in [6.07, 6.45) is 40.2. The molecule has 9 nitrogen and oxygen atoms in total. The summed E-state index contributed by atoms with van der Waals surface area (Å²) < 4.78 is 32.7. The smallest absolute Gasteiger partial charge is 0.462 e. The molecule has 2 atom stereocenters. The van der Waals surface area contributed by atoms with Crippen LogP contribution in [0.15, 0.2) is 36.5 Å². The first kappa shape index (κ1) is 49.2. The minimum atomic E-state index is -4.38. The molecule has 3 N–H and O–H groups in total. The van der Waals surface area contributed by atoms with E-state index in [1.807, 2.05) is 0 Å². The Labute approximate surface area is 312 Å². The highest BCUT2D eigenvalue weighted by molar-refractivity contribution is 7.47. The monoisotopic (exact) mass is 742 g/mol. The number of rotatable bonds is 38. The zero-order valence-electron chi connectivity index (χ0n) is 32.6. The topological polar surface area (TPSA) is 134 Å². The summed E-state index contributed by atoms with van der Waals surface area (Å²) in [6, 6.07) is 0. The molecule has 0 aliphatic heterocycles. The Morgan fingerprint density at radius 2 is 1.02 bits per heavy atom. The van der Waals surface area contributed by atoms with Crippen molar-refractivity contribution in [1.82, 2.24) is 0 Å². The maximum atomic E-state index is 12.5. The van der Waals surface area contributed by atoms with Crippen molar-refractivity contribution in [2.45, 2.75) is 187 Å². The molecule has 0 aliphatic rings. The van der Waals surface area contributed by atoms with E-state index in [-0.39, 0.29) is 32.6 Å². The fraction of sp³-hybridized carbons (Fsp3) is 0.805. The van der Waals surface area contributed by atoms with Gasteiger partial charge in [0.15, 0.2) is 6.10 Å². The number of esters is 2. The van der Waals surface area contributed by atoms with Gasteiger partial charge >= 0.3 is 19.8 Å². The van der Waals surface area contributed by atoms with E-state index < -0.39 is 32.5 Å². The maximum Gasteiger partial charge on any atom is 0.472 e. The summed E-state index contributed by atoms with van der Waals surface area (Å²) in [5, 5.41) is 0. The number of phosphoric acid groups is 1. The van der Waals surface area contributed by atoms with Gasteiger partial charge in [-0.25, -0.2) is 4.57 Å². The first-order valence-corrected chi connectivity index (χ1v) is 22.0. The lowest BCUT2D eigenvalue weighted by Gasteiger charge is -2.19. The van der Waals surface area contributed by atoms with Crippen molar-refractivity contribution < 1.29 is 37.6 Å². The van der Waals surface area contributed by atoms with Gasteiger partial charge in [-0.15, -0.1) is 0 Å². The summed E-state index contributed by atoms with van der Waals surface area (Å²) >= 11 is 0. The van der Waals surface area contributed by atoms with Gasteiger partial charge in [0.1, 0.15) is 6.61 Å². The predicted molar refractivity (Wildman–Crippen MR) is 210 cm³/mol. The molecular weight excluding hydrogens is 665 g/mol. The number of ether oxygens (including phenoxy) is 2. The van der Waals surface area contributed by atoms with Gasteiger partial charge < -0.3 is 20.1 Å². The standard InChI is InChI=1S/C41H76NO8P/c1-3-5-7-9-11-13-15-17-19-21-23-25-27-29-31-33-40(43)47-37-39(38-49-51(45,46)48-36-35-42)50-41(44)34-32-30-28-26-24-22-20-18-16-14-12-10-8-6-4-2/h13,15,17-20,39H,3-12,14,16,21-38,42H2,1-2H3,(H,45,46)/b15-13+,19-17+,20-18+/t39-/m1/s1. The number of nitrogens with two attached hydrogens (primary N) is 1. The Morgan fingerprint density at radius 1 is 0.588 bits per heavy atom. The molecule has 298 valence electrons. The van der Waals surface area contributed by atoms with Crippen LogP contribution >= 0.6 is 7.82 Å². The van der Waals surface area contributed by atoms with E-state index in [0.717, 1.165) is 70.6 Å². The molecule has 0 heterocycles. The van der Waals surface area contributed by atoms with Crippen molar-refractivity contribution in [3.05, 3.63) is 36.5 Å². The quantitative estimate of drug-likeness (QED) is 0.0208. The minimum Gasteiger partial charge on any atom is -0.462 e. The van der Waals surface area contributed by atoms with Crippen molar-refractivity contribution in [1.29, 1.82) is 0 Å². The van der Waals surface area contributed by atoms with E-state index in [9.17, 15) is 19.0 Å². The van der Waals surface area contributed by atoms with Gasteiger partial charge in [0, 0.05) is 19.4 Å². The second kappa shape index (κ2) is 38.0. The van der Waals surface area contributed by atoms with Crippen LogP contribution in [0.2, 0.25) is 0 Å². The molecule has 0 radical (unpaired) electrons. The fourth-order valence-electron chi connectivity index (χ4n) is 5.44. The van der Waals surface area contributed by atoms with Crippen molar-refractivity contribution in [2.75, 3.05) is 26.4 Å². The molecule has 51 heavy (non-hydrogen) atoms. The first-order chi connectivity index (χ1) is 24.8. The predicted octanol–water partition coefficient (Wildman–Crippen LogP) is 11.4. The van der Waals surface area contributed by atoms with Gasteiger partial charge in [0.2, 0.25) is 0 Å². The fourth-order valence-corrected chi connectivity index (χ4v) is 6.21. The third-order valence-electron chi connectivity index (χ3n) is 8.53. The van der Waals surface area contributed by atoms with Gasteiger partial charge in [-0.05, 0) is 64.2 Å². The number of unbranched alkanes of at least 4 members (excludes halogenated alkanes) is 20. The van der Waals surface area contributed by atoms with E-state index in [0.29, 0.717) is 12.8 Å². The molecular formula is C41H76NO8P. The number of hydrogen-bond donors (Lipinski definition) is 2. The summed E-state index contributed by atoms with van der Waals surface area (Å²) in [5.74, 6) is -0.856. The van der Waals surface area contributed by atoms with Crippen LogP contribution in [-0.2, 0) is 32.7 Å². The summed E-state index contributed by atoms with van der Waals surface area (Å²) in [6.45, 7) is 3.67. The SMILES string of the molecule is CCCCCC/C=C/C=C/CCCCCCCC(=O)OC[C@H](COP(=O)(O)OCCN)OC(=O)CCCCCCC/C=C/CCCCCCCC. The van der Waals surface area contributed by atoms with E-state index in [1.165, 1.54) is 70.6 Å². The Morgan fingerprint density at radius 3 is 1.53 bits per heavy atom. The number of phosphoric ester groups is 1. The minimum absolute atomic E-state index is 0.0495. The highest BCUT2D eigenvalue weighted by Gasteiger charge is 2.25. The van der Waals surface area contributed by atoms with Crippen LogP contribution in [0, 0.1) is 0 Å². The molecule has 0 amide bonds. The number of allylic oxidation sites excluding steroid dienone is 6. The second-order valence-electron chi connectivity index (χ2n) is 13.5. The van der Waals surface area contributed by atoms with Crippen molar-refractivity contribution in [2.24, 2.45) is 5.73 Å². The normalized spacial score (nSPS) is 13.7. The molecule has 10 heteroatoms. The number of carbonyl (C=O) groups is 2. The molecule has 1 unspecified atom stereocenters. The average Bonchev–Trinajstić information content (AvgIpc) is 3.11. The van der Waals surface area contributed by atoms with E-state index in [1.54, 1.807) is 0 Å². The molecule has 0 bridgehead atoms. The maximum absolute atomic E-state index is 12.5. The summed E-state index contributed by atoms with van der Waals surface area (Å²) in [5.41, 5.74) is 5.34. The second-order valence-corrected chi connectivity index (χ2v) is 15.0. The first-order valence-electron chi connectivity index (χ1n) is 20.5.